The molecule has 1 aliphatic rings. The zero-order chi connectivity index (χ0) is 16.2. The first-order valence-corrected chi connectivity index (χ1v) is 8.07. The number of hydrogen-bond donors (Lipinski definition) is 0. The molecule has 4 nitrogen and oxygen atoms in total. The molecule has 0 saturated carbocycles. The van der Waals surface area contributed by atoms with E-state index in [1.165, 1.54) is 12.1 Å². The predicted octanol–water partition coefficient (Wildman–Crippen LogP) is 2.87. The largest absolute Gasteiger partial charge is 0.497 e. The molecule has 0 amide bonds. The van der Waals surface area contributed by atoms with Crippen LogP contribution < -0.4 is 9.47 Å². The summed E-state index contributed by atoms with van der Waals surface area (Å²) in [4.78, 5) is 5.07. The molecule has 2 rings (SSSR count). The van der Waals surface area contributed by atoms with Crippen molar-refractivity contribution in [3.63, 3.8) is 0 Å². The number of methoxy groups -OCH3 is 2. The van der Waals surface area contributed by atoms with Gasteiger partial charge < -0.3 is 14.4 Å². The van der Waals surface area contributed by atoms with Crippen LogP contribution in [0.3, 0.4) is 0 Å². The third-order valence-electron chi connectivity index (χ3n) is 4.04. The Kier molecular flexibility index (Phi) is 5.70. The first kappa shape index (κ1) is 17.1. The fraction of sp³-hybridized carbons (Fsp3) is 0.667. The molecular formula is C18H30N2O2. The molecule has 0 N–H and O–H groups in total. The van der Waals surface area contributed by atoms with E-state index in [-0.39, 0.29) is 0 Å². The van der Waals surface area contributed by atoms with E-state index in [1.807, 2.05) is 12.1 Å². The van der Waals surface area contributed by atoms with E-state index < -0.39 is 0 Å². The second-order valence-corrected chi connectivity index (χ2v) is 7.29. The molecule has 0 aliphatic carbocycles. The molecule has 0 spiro atoms. The number of piperazine rings is 1. The maximum atomic E-state index is 5.48. The van der Waals surface area contributed by atoms with Gasteiger partial charge in [0.05, 0.1) is 14.2 Å². The van der Waals surface area contributed by atoms with E-state index >= 15 is 0 Å². The van der Waals surface area contributed by atoms with E-state index in [4.69, 9.17) is 9.47 Å². The van der Waals surface area contributed by atoms with Crippen molar-refractivity contribution in [1.82, 2.24) is 9.80 Å². The highest BCUT2D eigenvalue weighted by molar-refractivity contribution is 5.40. The van der Waals surface area contributed by atoms with Gasteiger partial charge in [-0.15, -0.1) is 0 Å². The fourth-order valence-electron chi connectivity index (χ4n) is 3.02. The zero-order valence-corrected chi connectivity index (χ0v) is 14.7. The van der Waals surface area contributed by atoms with Gasteiger partial charge >= 0.3 is 0 Å². The molecule has 0 radical (unpaired) electrons. The summed E-state index contributed by atoms with van der Waals surface area (Å²) in [6.07, 6.45) is 0. The predicted molar refractivity (Wildman–Crippen MR) is 90.7 cm³/mol. The topological polar surface area (TPSA) is 24.9 Å². The van der Waals surface area contributed by atoms with Crippen molar-refractivity contribution < 1.29 is 9.47 Å². The summed E-state index contributed by atoms with van der Waals surface area (Å²) in [5, 5.41) is 0. The molecule has 1 aromatic carbocycles. The Morgan fingerprint density at radius 1 is 0.955 bits per heavy atom. The van der Waals surface area contributed by atoms with Crippen LogP contribution in [0.5, 0.6) is 11.5 Å². The molecule has 0 unspecified atom stereocenters. The second kappa shape index (κ2) is 7.34. The molecule has 1 aromatic rings. The highest BCUT2D eigenvalue weighted by Gasteiger charge is 2.22. The van der Waals surface area contributed by atoms with Crippen LogP contribution in [0.25, 0.3) is 0 Å². The second-order valence-electron chi connectivity index (χ2n) is 7.29. The summed E-state index contributed by atoms with van der Waals surface area (Å²) < 4.78 is 10.8. The molecule has 1 aliphatic heterocycles. The van der Waals surface area contributed by atoms with Crippen LogP contribution in [0.1, 0.15) is 26.3 Å². The number of nitrogens with zero attached hydrogens (tertiary/aromatic N) is 2. The first-order chi connectivity index (χ1) is 10.4. The lowest BCUT2D eigenvalue weighted by atomic mass is 9.96. The summed E-state index contributed by atoms with van der Waals surface area (Å²) in [6, 6.07) is 6.02. The minimum absolute atomic E-state index is 0.373. The Hall–Kier alpha value is -1.26. The maximum Gasteiger partial charge on any atom is 0.123 e. The standard InChI is InChI=1S/C18H30N2O2/c1-18(2,3)14-20-10-8-19(9-11-20)13-15-12-16(21-4)6-7-17(15)22-5/h6-7,12H,8-11,13-14H2,1-5H3. The van der Waals surface area contributed by atoms with E-state index in [0.717, 1.165) is 44.2 Å². The molecule has 1 fully saturated rings. The Bertz CT molecular complexity index is 474. The number of rotatable bonds is 5. The van der Waals surface area contributed by atoms with Crippen LogP contribution in [0.2, 0.25) is 0 Å². The van der Waals surface area contributed by atoms with Crippen LogP contribution in [-0.4, -0.2) is 56.7 Å². The Labute approximate surface area is 135 Å². The summed E-state index contributed by atoms with van der Waals surface area (Å²) in [5.41, 5.74) is 1.57. The van der Waals surface area contributed by atoms with Gasteiger partial charge in [-0.1, -0.05) is 20.8 Å². The minimum atomic E-state index is 0.373. The lowest BCUT2D eigenvalue weighted by molar-refractivity contribution is 0.0978. The molecule has 0 aromatic heterocycles. The van der Waals surface area contributed by atoms with Gasteiger partial charge in [0.1, 0.15) is 11.5 Å². The van der Waals surface area contributed by atoms with Gasteiger partial charge in [-0.05, 0) is 23.6 Å². The van der Waals surface area contributed by atoms with E-state index in [1.54, 1.807) is 14.2 Å². The number of hydrogen-bond acceptors (Lipinski definition) is 4. The monoisotopic (exact) mass is 306 g/mol. The SMILES string of the molecule is COc1ccc(OC)c(CN2CCN(CC(C)(C)C)CC2)c1. The maximum absolute atomic E-state index is 5.48. The molecule has 22 heavy (non-hydrogen) atoms. The van der Waals surface area contributed by atoms with Crippen LogP contribution in [0.15, 0.2) is 18.2 Å². The van der Waals surface area contributed by atoms with E-state index in [0.29, 0.717) is 5.41 Å². The Morgan fingerprint density at radius 3 is 2.14 bits per heavy atom. The summed E-state index contributed by atoms with van der Waals surface area (Å²) in [7, 11) is 3.43. The van der Waals surface area contributed by atoms with Gasteiger partial charge in [0.15, 0.2) is 0 Å². The van der Waals surface area contributed by atoms with E-state index in [9.17, 15) is 0 Å². The van der Waals surface area contributed by atoms with Crippen molar-refractivity contribution in [2.45, 2.75) is 27.3 Å². The summed E-state index contributed by atoms with van der Waals surface area (Å²) in [6.45, 7) is 13.5. The first-order valence-electron chi connectivity index (χ1n) is 8.07. The van der Waals surface area contributed by atoms with Crippen LogP contribution in [-0.2, 0) is 6.54 Å². The van der Waals surface area contributed by atoms with Gasteiger partial charge in [0.25, 0.3) is 0 Å². The molecule has 124 valence electrons. The molecule has 0 atom stereocenters. The van der Waals surface area contributed by atoms with Gasteiger partial charge in [-0.2, -0.15) is 0 Å². The minimum Gasteiger partial charge on any atom is -0.497 e. The average Bonchev–Trinajstić information content (AvgIpc) is 2.47. The lowest BCUT2D eigenvalue weighted by Crippen LogP contribution is -2.48. The van der Waals surface area contributed by atoms with E-state index in [2.05, 4.69) is 36.6 Å². The van der Waals surface area contributed by atoms with Crippen LogP contribution >= 0.6 is 0 Å². The Morgan fingerprint density at radius 2 is 1.59 bits per heavy atom. The van der Waals surface area contributed by atoms with Gasteiger partial charge in [0, 0.05) is 44.8 Å². The van der Waals surface area contributed by atoms with Gasteiger partial charge in [-0.3, -0.25) is 4.90 Å². The van der Waals surface area contributed by atoms with Crippen molar-refractivity contribution in [3.8, 4) is 11.5 Å². The third-order valence-corrected chi connectivity index (χ3v) is 4.04. The number of ether oxygens (including phenoxy) is 2. The normalized spacial score (nSPS) is 17.5. The smallest absolute Gasteiger partial charge is 0.123 e. The fourth-order valence-corrected chi connectivity index (χ4v) is 3.02. The Balaban J connectivity index is 1.93. The van der Waals surface area contributed by atoms with Gasteiger partial charge in [0.2, 0.25) is 0 Å². The van der Waals surface area contributed by atoms with Crippen molar-refractivity contribution >= 4 is 0 Å². The molecule has 1 saturated heterocycles. The average molecular weight is 306 g/mol. The number of benzene rings is 1. The van der Waals surface area contributed by atoms with Crippen LogP contribution in [0, 0.1) is 5.41 Å². The zero-order valence-electron chi connectivity index (χ0n) is 14.7. The van der Waals surface area contributed by atoms with Crippen molar-refractivity contribution in [3.05, 3.63) is 23.8 Å². The van der Waals surface area contributed by atoms with Crippen LogP contribution in [0.4, 0.5) is 0 Å². The van der Waals surface area contributed by atoms with Crippen molar-refractivity contribution in [2.24, 2.45) is 5.41 Å². The summed E-state index contributed by atoms with van der Waals surface area (Å²) >= 11 is 0. The lowest BCUT2D eigenvalue weighted by Gasteiger charge is -2.38. The highest BCUT2D eigenvalue weighted by Crippen LogP contribution is 2.26. The third kappa shape index (κ3) is 4.89. The summed E-state index contributed by atoms with van der Waals surface area (Å²) in [5.74, 6) is 1.83. The van der Waals surface area contributed by atoms with Crippen molar-refractivity contribution in [2.75, 3.05) is 46.9 Å². The highest BCUT2D eigenvalue weighted by atomic mass is 16.5. The molecular weight excluding hydrogens is 276 g/mol. The molecule has 1 heterocycles. The quantitative estimate of drug-likeness (QED) is 0.835. The van der Waals surface area contributed by atoms with Crippen molar-refractivity contribution in [1.29, 1.82) is 0 Å². The van der Waals surface area contributed by atoms with Gasteiger partial charge in [-0.25, -0.2) is 0 Å². The molecule has 4 heteroatoms. The molecule has 0 bridgehead atoms.